The van der Waals surface area contributed by atoms with Crippen molar-refractivity contribution in [1.29, 1.82) is 0 Å². The number of pyridine rings is 1. The zero-order chi connectivity index (χ0) is 28.4. The van der Waals surface area contributed by atoms with Gasteiger partial charge in [0.05, 0.1) is 37.8 Å². The van der Waals surface area contributed by atoms with Gasteiger partial charge in [0.1, 0.15) is 22.4 Å². The van der Waals surface area contributed by atoms with E-state index in [0.29, 0.717) is 36.8 Å². The number of nitrogens with one attached hydrogen (secondary N) is 1. The summed E-state index contributed by atoms with van der Waals surface area (Å²) >= 11 is 0. The summed E-state index contributed by atoms with van der Waals surface area (Å²) in [6.07, 6.45) is 3.81. The highest BCUT2D eigenvalue weighted by Gasteiger charge is 2.34. The molecule has 1 N–H and O–H groups in total. The lowest BCUT2D eigenvalue weighted by Gasteiger charge is -2.38. The molecule has 1 aromatic carbocycles. The fourth-order valence-corrected chi connectivity index (χ4v) is 5.29. The second-order valence-corrected chi connectivity index (χ2v) is 11.1. The first kappa shape index (κ1) is 27.1. The summed E-state index contributed by atoms with van der Waals surface area (Å²) in [5, 5.41) is 3.93. The number of sulfonamides is 1. The maximum atomic E-state index is 13.0. The van der Waals surface area contributed by atoms with Crippen molar-refractivity contribution in [1.82, 2.24) is 29.6 Å². The predicted octanol–water partition coefficient (Wildman–Crippen LogP) is 2.99. The summed E-state index contributed by atoms with van der Waals surface area (Å²) < 4.78 is 41.2. The van der Waals surface area contributed by atoms with Crippen molar-refractivity contribution in [2.24, 2.45) is 7.05 Å². The van der Waals surface area contributed by atoms with Gasteiger partial charge in [-0.25, -0.2) is 23.1 Å². The van der Waals surface area contributed by atoms with E-state index >= 15 is 0 Å². The van der Waals surface area contributed by atoms with Crippen molar-refractivity contribution in [3.8, 4) is 22.9 Å². The number of ether oxygens (including phenoxy) is 2. The van der Waals surface area contributed by atoms with Crippen molar-refractivity contribution in [3.63, 3.8) is 0 Å². The van der Waals surface area contributed by atoms with Crippen LogP contribution in [0.1, 0.15) is 28.5 Å². The van der Waals surface area contributed by atoms with Crippen LogP contribution in [-0.2, 0) is 17.1 Å². The lowest BCUT2D eigenvalue weighted by atomic mass is 10.00. The summed E-state index contributed by atoms with van der Waals surface area (Å²) in [5.74, 6) is 0.437. The quantitative estimate of drug-likeness (QED) is 0.325. The van der Waals surface area contributed by atoms with E-state index in [1.807, 2.05) is 39.0 Å². The Hall–Kier alpha value is -4.52. The number of hydrogen-bond donors (Lipinski definition) is 1. The number of benzene rings is 1. The topological polar surface area (TPSA) is 141 Å². The monoisotopic (exact) mass is 563 g/mol. The third-order valence-electron chi connectivity index (χ3n) is 6.35. The molecule has 0 saturated carbocycles. The van der Waals surface area contributed by atoms with Gasteiger partial charge in [-0.3, -0.25) is 9.48 Å². The standard InChI is InChI=1S/C27H29N7O5S/c1-5-38-19-9-10-22(28-12-19)26(35)34-14-20(15-34)39-24-11-23(25-17(2)7-6-8-18(25)3)30-27(31-24)32-40(36,37)21-13-29-33(4)16-21/h6-13,16,20H,5,14-15H2,1-4H3,(H,30,31,32). The van der Waals surface area contributed by atoms with Gasteiger partial charge in [-0.05, 0) is 44.0 Å². The Balaban J connectivity index is 1.36. The van der Waals surface area contributed by atoms with Gasteiger partial charge in [-0.15, -0.1) is 0 Å². The normalized spacial score (nSPS) is 13.6. The largest absolute Gasteiger partial charge is 0.492 e. The van der Waals surface area contributed by atoms with Crippen LogP contribution >= 0.6 is 0 Å². The van der Waals surface area contributed by atoms with E-state index in [-0.39, 0.29) is 28.7 Å². The molecule has 1 amide bonds. The second-order valence-electron chi connectivity index (χ2n) is 9.40. The molecule has 13 heteroatoms. The molecular formula is C27H29N7O5S. The number of anilines is 1. The molecular weight excluding hydrogens is 534 g/mol. The molecule has 208 valence electrons. The zero-order valence-electron chi connectivity index (χ0n) is 22.5. The van der Waals surface area contributed by atoms with Gasteiger partial charge >= 0.3 is 0 Å². The number of aromatic nitrogens is 5. The number of carbonyl (C=O) groups is 1. The minimum Gasteiger partial charge on any atom is -0.492 e. The van der Waals surface area contributed by atoms with Crippen LogP contribution in [0.25, 0.3) is 11.3 Å². The Kier molecular flexibility index (Phi) is 7.39. The van der Waals surface area contributed by atoms with Crippen LogP contribution < -0.4 is 14.2 Å². The van der Waals surface area contributed by atoms with Crippen LogP contribution in [0.2, 0.25) is 0 Å². The third-order valence-corrected chi connectivity index (χ3v) is 7.63. The summed E-state index contributed by atoms with van der Waals surface area (Å²) in [6.45, 7) is 6.95. The van der Waals surface area contributed by atoms with Crippen LogP contribution in [-0.4, -0.2) is 69.8 Å². The molecule has 1 fully saturated rings. The number of amides is 1. The smallest absolute Gasteiger partial charge is 0.272 e. The van der Waals surface area contributed by atoms with E-state index < -0.39 is 10.0 Å². The predicted molar refractivity (Wildman–Crippen MR) is 147 cm³/mol. The first-order valence-corrected chi connectivity index (χ1v) is 14.1. The number of rotatable bonds is 9. The molecule has 4 aromatic rings. The lowest BCUT2D eigenvalue weighted by Crippen LogP contribution is -2.56. The van der Waals surface area contributed by atoms with Crippen LogP contribution in [0.3, 0.4) is 0 Å². The molecule has 12 nitrogen and oxygen atoms in total. The molecule has 0 bridgehead atoms. The molecule has 0 atom stereocenters. The van der Waals surface area contributed by atoms with E-state index in [9.17, 15) is 13.2 Å². The Morgan fingerprint density at radius 3 is 2.48 bits per heavy atom. The minimum atomic E-state index is -3.99. The fourth-order valence-electron chi connectivity index (χ4n) is 4.36. The molecule has 4 heterocycles. The molecule has 0 aliphatic carbocycles. The van der Waals surface area contributed by atoms with Crippen molar-refractivity contribution in [2.45, 2.75) is 31.8 Å². The maximum Gasteiger partial charge on any atom is 0.272 e. The third kappa shape index (κ3) is 5.73. The molecule has 40 heavy (non-hydrogen) atoms. The molecule has 1 saturated heterocycles. The first-order valence-electron chi connectivity index (χ1n) is 12.6. The molecule has 0 radical (unpaired) electrons. The Morgan fingerprint density at radius 1 is 1.10 bits per heavy atom. The molecule has 5 rings (SSSR count). The molecule has 3 aromatic heterocycles. The average molecular weight is 564 g/mol. The summed E-state index contributed by atoms with van der Waals surface area (Å²) in [4.78, 5) is 27.4. The SMILES string of the molecule is CCOc1ccc(C(=O)N2CC(Oc3cc(-c4c(C)cccc4C)nc(NS(=O)(=O)c4cnn(C)c4)n3)C2)nc1. The summed E-state index contributed by atoms with van der Waals surface area (Å²) in [7, 11) is -2.36. The minimum absolute atomic E-state index is 0.0189. The second kappa shape index (κ2) is 10.9. The van der Waals surface area contributed by atoms with E-state index in [4.69, 9.17) is 9.47 Å². The number of aryl methyl sites for hydroxylation is 3. The number of likely N-dealkylation sites (tertiary alicyclic amines) is 1. The van der Waals surface area contributed by atoms with Gasteiger partial charge < -0.3 is 14.4 Å². The molecule has 1 aliphatic rings. The van der Waals surface area contributed by atoms with Crippen molar-refractivity contribution >= 4 is 21.9 Å². The van der Waals surface area contributed by atoms with Crippen LogP contribution in [0.5, 0.6) is 11.6 Å². The number of carbonyl (C=O) groups excluding carboxylic acids is 1. The Bertz CT molecular complexity index is 1630. The van der Waals surface area contributed by atoms with Crippen molar-refractivity contribution < 1.29 is 22.7 Å². The van der Waals surface area contributed by atoms with Crippen LogP contribution in [0, 0.1) is 13.8 Å². The Labute approximate surface area is 232 Å². The van der Waals surface area contributed by atoms with Crippen molar-refractivity contribution in [3.05, 3.63) is 71.8 Å². The van der Waals surface area contributed by atoms with Crippen LogP contribution in [0.15, 0.2) is 59.9 Å². The number of nitrogens with zero attached hydrogens (tertiary/aromatic N) is 6. The highest BCUT2D eigenvalue weighted by atomic mass is 32.2. The fraction of sp³-hybridized carbons (Fsp3) is 0.296. The Morgan fingerprint density at radius 2 is 1.85 bits per heavy atom. The lowest BCUT2D eigenvalue weighted by molar-refractivity contribution is 0.0156. The highest BCUT2D eigenvalue weighted by Crippen LogP contribution is 2.30. The average Bonchev–Trinajstić information content (AvgIpc) is 3.33. The van der Waals surface area contributed by atoms with E-state index in [1.54, 1.807) is 30.1 Å². The van der Waals surface area contributed by atoms with Gasteiger partial charge in [-0.1, -0.05) is 18.2 Å². The van der Waals surface area contributed by atoms with Crippen LogP contribution in [0.4, 0.5) is 5.95 Å². The van der Waals surface area contributed by atoms with Gasteiger partial charge in [0.2, 0.25) is 11.8 Å². The van der Waals surface area contributed by atoms with Gasteiger partial charge in [0.25, 0.3) is 15.9 Å². The molecule has 0 unspecified atom stereocenters. The molecule has 0 spiro atoms. The first-order chi connectivity index (χ1) is 19.1. The highest BCUT2D eigenvalue weighted by molar-refractivity contribution is 7.92. The van der Waals surface area contributed by atoms with Gasteiger partial charge in [0.15, 0.2) is 0 Å². The zero-order valence-corrected chi connectivity index (χ0v) is 23.3. The molecule has 1 aliphatic heterocycles. The van der Waals surface area contributed by atoms with Gasteiger partial charge in [-0.2, -0.15) is 10.1 Å². The van der Waals surface area contributed by atoms with E-state index in [2.05, 4.69) is 24.8 Å². The number of hydrogen-bond acceptors (Lipinski definition) is 9. The summed E-state index contributed by atoms with van der Waals surface area (Å²) in [5.41, 5.74) is 3.61. The van der Waals surface area contributed by atoms with E-state index in [1.165, 1.54) is 23.3 Å². The van der Waals surface area contributed by atoms with Crippen molar-refractivity contribution in [2.75, 3.05) is 24.4 Å². The summed E-state index contributed by atoms with van der Waals surface area (Å²) in [6, 6.07) is 10.9. The van der Waals surface area contributed by atoms with E-state index in [0.717, 1.165) is 16.7 Å². The maximum absolute atomic E-state index is 13.0. The van der Waals surface area contributed by atoms with Gasteiger partial charge in [0, 0.05) is 24.9 Å².